The van der Waals surface area contributed by atoms with E-state index in [0.29, 0.717) is 5.71 Å². The van der Waals surface area contributed by atoms with Gasteiger partial charge in [0.2, 0.25) is 0 Å². The highest BCUT2D eigenvalue weighted by Crippen LogP contribution is 2.39. The van der Waals surface area contributed by atoms with E-state index < -0.39 is 36.8 Å². The van der Waals surface area contributed by atoms with Crippen LogP contribution in [-0.4, -0.2) is 62.9 Å². The standard InChI is InChI=1S/C18H19NO6/c20-9-14-15(21)16(22)17(23)18(24-14)8-13(19-25-18)12-6-5-10-3-1-2-4-11(10)7-12/h1-7,14-17,20-23H,8-9H2/t14?,15-,16?,17?,18-/m1/s1. The predicted octanol–water partition coefficient (Wildman–Crippen LogP) is 0.134. The highest BCUT2D eigenvalue weighted by atomic mass is 16.8. The summed E-state index contributed by atoms with van der Waals surface area (Å²) in [6.45, 7) is -0.513. The molecule has 2 aliphatic rings. The maximum atomic E-state index is 10.3. The number of fused-ring (bicyclic) bond motifs is 1. The molecule has 1 spiro atoms. The first-order valence-electron chi connectivity index (χ1n) is 8.11. The Morgan fingerprint density at radius 3 is 2.56 bits per heavy atom. The highest BCUT2D eigenvalue weighted by Gasteiger charge is 2.58. The van der Waals surface area contributed by atoms with Crippen molar-refractivity contribution in [2.24, 2.45) is 5.16 Å². The maximum absolute atomic E-state index is 10.3. The highest BCUT2D eigenvalue weighted by molar-refractivity contribution is 6.04. The number of nitrogens with zero attached hydrogens (tertiary/aromatic N) is 1. The van der Waals surface area contributed by atoms with Crippen LogP contribution in [0.15, 0.2) is 47.6 Å². The number of hydrogen-bond donors (Lipinski definition) is 4. The Hall–Kier alpha value is -2.03. The average molecular weight is 345 g/mol. The molecule has 25 heavy (non-hydrogen) atoms. The zero-order valence-electron chi connectivity index (χ0n) is 13.3. The van der Waals surface area contributed by atoms with Gasteiger partial charge in [0.1, 0.15) is 18.3 Å². The number of aliphatic hydroxyl groups excluding tert-OH is 4. The molecule has 7 heteroatoms. The van der Waals surface area contributed by atoms with Crippen LogP contribution in [0.5, 0.6) is 0 Å². The zero-order valence-corrected chi connectivity index (χ0v) is 13.3. The SMILES string of the molecule is OCC1O[C@@]2(CC(c3ccc4ccccc4c3)=NO2)C(O)C(O)[C@@H]1O. The minimum Gasteiger partial charge on any atom is -0.394 e. The van der Waals surface area contributed by atoms with Crippen molar-refractivity contribution >= 4 is 16.5 Å². The van der Waals surface area contributed by atoms with Gasteiger partial charge < -0.3 is 30.0 Å². The van der Waals surface area contributed by atoms with E-state index in [2.05, 4.69) is 5.16 Å². The quantitative estimate of drug-likeness (QED) is 0.616. The first kappa shape index (κ1) is 16.4. The molecule has 4 rings (SSSR count). The van der Waals surface area contributed by atoms with Gasteiger partial charge in [0, 0.05) is 5.56 Å². The number of rotatable bonds is 2. The number of hydrogen-bond acceptors (Lipinski definition) is 7. The molecule has 1 fully saturated rings. The molecule has 0 bridgehead atoms. The fourth-order valence-electron chi connectivity index (χ4n) is 3.38. The van der Waals surface area contributed by atoms with Gasteiger partial charge in [-0.1, -0.05) is 41.6 Å². The van der Waals surface area contributed by atoms with Crippen LogP contribution < -0.4 is 0 Å². The lowest BCUT2D eigenvalue weighted by Gasteiger charge is -2.44. The number of aliphatic hydroxyl groups is 4. The fourth-order valence-corrected chi connectivity index (χ4v) is 3.38. The average Bonchev–Trinajstić information content (AvgIpc) is 3.08. The molecule has 2 aromatic rings. The number of oxime groups is 1. The Balaban J connectivity index is 1.62. The molecule has 0 amide bonds. The van der Waals surface area contributed by atoms with Crippen molar-refractivity contribution in [2.75, 3.05) is 6.61 Å². The summed E-state index contributed by atoms with van der Waals surface area (Å²) in [6.07, 6.45) is -5.38. The van der Waals surface area contributed by atoms with Crippen LogP contribution in [0.2, 0.25) is 0 Å². The van der Waals surface area contributed by atoms with Gasteiger partial charge >= 0.3 is 0 Å². The first-order chi connectivity index (χ1) is 12.0. The Morgan fingerprint density at radius 1 is 1.04 bits per heavy atom. The van der Waals surface area contributed by atoms with E-state index >= 15 is 0 Å². The molecule has 0 radical (unpaired) electrons. The molecule has 3 unspecified atom stereocenters. The van der Waals surface area contributed by atoms with Crippen LogP contribution in [0.4, 0.5) is 0 Å². The van der Waals surface area contributed by atoms with Gasteiger partial charge in [-0.2, -0.15) is 0 Å². The van der Waals surface area contributed by atoms with E-state index in [-0.39, 0.29) is 6.42 Å². The summed E-state index contributed by atoms with van der Waals surface area (Å²) in [5.74, 6) is -1.62. The van der Waals surface area contributed by atoms with E-state index in [9.17, 15) is 20.4 Å². The lowest BCUT2D eigenvalue weighted by atomic mass is 9.88. The minimum atomic E-state index is -1.62. The van der Waals surface area contributed by atoms with Gasteiger partial charge in [-0.3, -0.25) is 0 Å². The van der Waals surface area contributed by atoms with E-state index in [1.807, 2.05) is 42.5 Å². The largest absolute Gasteiger partial charge is 0.394 e. The molecule has 4 N–H and O–H groups in total. The van der Waals surface area contributed by atoms with Gasteiger partial charge in [0.25, 0.3) is 5.79 Å². The predicted molar refractivity (Wildman–Crippen MR) is 88.9 cm³/mol. The van der Waals surface area contributed by atoms with Crippen molar-refractivity contribution in [1.82, 2.24) is 0 Å². The second-order valence-corrected chi connectivity index (χ2v) is 6.44. The third kappa shape index (κ3) is 2.61. The molecular formula is C18H19NO6. The van der Waals surface area contributed by atoms with E-state index in [0.717, 1.165) is 16.3 Å². The van der Waals surface area contributed by atoms with Gasteiger partial charge in [0.15, 0.2) is 6.10 Å². The Labute approximate surface area is 143 Å². The summed E-state index contributed by atoms with van der Waals surface area (Å²) >= 11 is 0. The second-order valence-electron chi connectivity index (χ2n) is 6.44. The van der Waals surface area contributed by atoms with Crippen molar-refractivity contribution in [1.29, 1.82) is 0 Å². The lowest BCUT2D eigenvalue weighted by Crippen LogP contribution is -2.65. The molecule has 0 aromatic heterocycles. The minimum absolute atomic E-state index is 0.0901. The summed E-state index contributed by atoms with van der Waals surface area (Å²) in [7, 11) is 0. The second kappa shape index (κ2) is 6.05. The zero-order chi connectivity index (χ0) is 17.6. The van der Waals surface area contributed by atoms with E-state index in [1.54, 1.807) is 0 Å². The third-order valence-corrected chi connectivity index (χ3v) is 4.84. The molecule has 0 saturated carbocycles. The topological polar surface area (TPSA) is 112 Å². The summed E-state index contributed by atoms with van der Waals surface area (Å²) in [5, 5.41) is 45.7. The Kier molecular flexibility index (Phi) is 3.98. The van der Waals surface area contributed by atoms with Gasteiger partial charge in [-0.05, 0) is 16.8 Å². The monoisotopic (exact) mass is 345 g/mol. The summed E-state index contributed by atoms with van der Waals surface area (Å²) in [4.78, 5) is 5.36. The van der Waals surface area contributed by atoms with Crippen molar-refractivity contribution in [3.05, 3.63) is 48.0 Å². The Bertz CT molecular complexity index is 822. The van der Waals surface area contributed by atoms with Crippen LogP contribution in [0.3, 0.4) is 0 Å². The van der Waals surface area contributed by atoms with E-state index in [4.69, 9.17) is 9.57 Å². The number of ether oxygens (including phenoxy) is 1. The molecule has 2 aliphatic heterocycles. The molecule has 7 nitrogen and oxygen atoms in total. The van der Waals surface area contributed by atoms with Crippen molar-refractivity contribution in [2.45, 2.75) is 36.6 Å². The number of benzene rings is 2. The van der Waals surface area contributed by atoms with Gasteiger partial charge in [0.05, 0.1) is 18.7 Å². The maximum Gasteiger partial charge on any atom is 0.271 e. The van der Waals surface area contributed by atoms with Crippen molar-refractivity contribution in [3.8, 4) is 0 Å². The Morgan fingerprint density at radius 2 is 1.80 bits per heavy atom. The van der Waals surface area contributed by atoms with Gasteiger partial charge in [-0.15, -0.1) is 0 Å². The lowest BCUT2D eigenvalue weighted by molar-refractivity contribution is -0.355. The molecule has 2 heterocycles. The molecule has 0 aliphatic carbocycles. The van der Waals surface area contributed by atoms with Crippen LogP contribution in [0.25, 0.3) is 10.8 Å². The van der Waals surface area contributed by atoms with Crippen LogP contribution in [0, 0.1) is 0 Å². The van der Waals surface area contributed by atoms with E-state index in [1.165, 1.54) is 0 Å². The van der Waals surface area contributed by atoms with Gasteiger partial charge in [-0.25, -0.2) is 0 Å². The molecule has 1 saturated heterocycles. The third-order valence-electron chi connectivity index (χ3n) is 4.84. The fraction of sp³-hybridized carbons (Fsp3) is 0.389. The first-order valence-corrected chi connectivity index (χ1v) is 8.11. The normalized spacial score (nSPS) is 35.0. The summed E-state index contributed by atoms with van der Waals surface area (Å²) in [5.41, 5.74) is 1.37. The van der Waals surface area contributed by atoms with Crippen molar-refractivity contribution < 1.29 is 30.0 Å². The van der Waals surface area contributed by atoms with Crippen molar-refractivity contribution in [3.63, 3.8) is 0 Å². The van der Waals surface area contributed by atoms with Crippen LogP contribution >= 0.6 is 0 Å². The molecular weight excluding hydrogens is 326 g/mol. The summed E-state index contributed by atoms with van der Waals surface area (Å²) < 4.78 is 5.57. The smallest absolute Gasteiger partial charge is 0.271 e. The molecule has 2 aromatic carbocycles. The molecule has 5 atom stereocenters. The molecule has 132 valence electrons. The van der Waals surface area contributed by atoms with Crippen LogP contribution in [0.1, 0.15) is 12.0 Å². The summed E-state index contributed by atoms with van der Waals surface area (Å²) in [6, 6.07) is 13.7. The van der Waals surface area contributed by atoms with Crippen LogP contribution in [-0.2, 0) is 9.57 Å².